The van der Waals surface area contributed by atoms with Gasteiger partial charge in [-0.05, 0) is 27.2 Å². The molecule has 2 heteroatoms. The summed E-state index contributed by atoms with van der Waals surface area (Å²) in [7, 11) is 0. The summed E-state index contributed by atoms with van der Waals surface area (Å²) in [6, 6.07) is 0. The van der Waals surface area contributed by atoms with Crippen LogP contribution in [0.5, 0.6) is 0 Å². The number of hydrogen-bond donors (Lipinski definition) is 0. The fourth-order valence-electron chi connectivity index (χ4n) is 3.15. The monoisotopic (exact) mass is 342 g/mol. The van der Waals surface area contributed by atoms with Crippen LogP contribution in [0.3, 0.4) is 0 Å². The largest absolute Gasteiger partial charge is 0.353 e. The number of ether oxygens (including phenoxy) is 2. The van der Waals surface area contributed by atoms with Crippen molar-refractivity contribution in [3.63, 3.8) is 0 Å². The quantitative estimate of drug-likeness (QED) is 0.177. The van der Waals surface area contributed by atoms with Crippen LogP contribution < -0.4 is 0 Å². The minimum absolute atomic E-state index is 0.0587. The predicted molar refractivity (Wildman–Crippen MR) is 107 cm³/mol. The molecule has 0 saturated carbocycles. The van der Waals surface area contributed by atoms with Gasteiger partial charge < -0.3 is 9.47 Å². The first-order valence-corrected chi connectivity index (χ1v) is 10.9. The van der Waals surface area contributed by atoms with Crippen LogP contribution in [-0.4, -0.2) is 19.0 Å². The molecule has 0 heterocycles. The summed E-state index contributed by atoms with van der Waals surface area (Å²) in [5.41, 5.74) is 0. The zero-order valence-corrected chi connectivity index (χ0v) is 17.3. The average molecular weight is 343 g/mol. The third-order valence-electron chi connectivity index (χ3n) is 4.56. The fourth-order valence-corrected chi connectivity index (χ4v) is 3.15. The normalized spacial score (nSPS) is 12.9. The minimum Gasteiger partial charge on any atom is -0.353 e. The molecule has 0 radical (unpaired) electrons. The predicted octanol–water partition coefficient (Wildman–Crippen LogP) is 7.65. The summed E-state index contributed by atoms with van der Waals surface area (Å²) >= 11 is 0. The van der Waals surface area contributed by atoms with Gasteiger partial charge in [0.15, 0.2) is 6.29 Å². The molecule has 24 heavy (non-hydrogen) atoms. The second-order valence-electron chi connectivity index (χ2n) is 7.57. The summed E-state index contributed by atoms with van der Waals surface area (Å²) in [4.78, 5) is 0. The van der Waals surface area contributed by atoms with Crippen molar-refractivity contribution in [2.45, 2.75) is 136 Å². The molecular weight excluding hydrogens is 296 g/mol. The molecule has 0 spiro atoms. The van der Waals surface area contributed by atoms with E-state index in [4.69, 9.17) is 9.47 Å². The smallest absolute Gasteiger partial charge is 0.155 e. The Hall–Kier alpha value is -0.0800. The zero-order chi connectivity index (χ0) is 17.9. The van der Waals surface area contributed by atoms with Gasteiger partial charge in [-0.15, -0.1) is 0 Å². The van der Waals surface area contributed by atoms with E-state index in [0.29, 0.717) is 0 Å². The van der Waals surface area contributed by atoms with Crippen LogP contribution in [0, 0.1) is 0 Å². The van der Waals surface area contributed by atoms with Crippen LogP contribution in [0.2, 0.25) is 0 Å². The highest BCUT2D eigenvalue weighted by Gasteiger charge is 2.03. The van der Waals surface area contributed by atoms with Gasteiger partial charge in [0.1, 0.15) is 0 Å². The van der Waals surface area contributed by atoms with Crippen molar-refractivity contribution < 1.29 is 9.47 Å². The van der Waals surface area contributed by atoms with Crippen LogP contribution in [0.25, 0.3) is 0 Å². The molecule has 0 aliphatic heterocycles. The second kappa shape index (κ2) is 19.2. The van der Waals surface area contributed by atoms with Crippen molar-refractivity contribution in [2.75, 3.05) is 6.61 Å². The van der Waals surface area contributed by atoms with Gasteiger partial charge in [0.05, 0.1) is 6.10 Å². The van der Waals surface area contributed by atoms with E-state index >= 15 is 0 Å². The average Bonchev–Trinajstić information content (AvgIpc) is 2.53. The number of unbranched alkanes of at least 4 members (excludes halogenated alkanes) is 14. The Morgan fingerprint density at radius 1 is 0.542 bits per heavy atom. The van der Waals surface area contributed by atoms with Gasteiger partial charge in [0.25, 0.3) is 0 Å². The Bertz CT molecular complexity index is 228. The second-order valence-corrected chi connectivity index (χ2v) is 7.57. The standard InChI is InChI=1S/C22H46O2/c1-5-6-7-8-9-10-11-12-13-14-15-16-17-18-19-20-23-22(4)24-21(2)3/h21-22H,5-20H2,1-4H3. The highest BCUT2D eigenvalue weighted by atomic mass is 16.7. The first kappa shape index (κ1) is 23.9. The van der Waals surface area contributed by atoms with Crippen LogP contribution in [0.4, 0.5) is 0 Å². The molecule has 0 bridgehead atoms. The van der Waals surface area contributed by atoms with E-state index in [-0.39, 0.29) is 12.4 Å². The van der Waals surface area contributed by atoms with Gasteiger partial charge in [0, 0.05) is 6.61 Å². The molecule has 0 aliphatic carbocycles. The highest BCUT2D eigenvalue weighted by molar-refractivity contribution is 4.50. The van der Waals surface area contributed by atoms with Gasteiger partial charge in [-0.1, -0.05) is 96.8 Å². The van der Waals surface area contributed by atoms with Crippen LogP contribution >= 0.6 is 0 Å². The van der Waals surface area contributed by atoms with Gasteiger partial charge in [-0.3, -0.25) is 0 Å². The van der Waals surface area contributed by atoms with Crippen LogP contribution in [-0.2, 0) is 9.47 Å². The lowest BCUT2D eigenvalue weighted by Gasteiger charge is -2.16. The third-order valence-corrected chi connectivity index (χ3v) is 4.56. The van der Waals surface area contributed by atoms with E-state index in [1.54, 1.807) is 0 Å². The maximum absolute atomic E-state index is 5.64. The van der Waals surface area contributed by atoms with Crippen molar-refractivity contribution in [1.82, 2.24) is 0 Å². The molecule has 146 valence electrons. The van der Waals surface area contributed by atoms with E-state index in [0.717, 1.165) is 6.61 Å². The summed E-state index contributed by atoms with van der Waals surface area (Å²) in [6.45, 7) is 9.22. The SMILES string of the molecule is CCCCCCCCCCCCCCCCCOC(C)OC(C)C. The Balaban J connectivity index is 3.05. The molecular formula is C22H46O2. The van der Waals surface area contributed by atoms with Gasteiger partial charge in [-0.25, -0.2) is 0 Å². The molecule has 0 aromatic rings. The van der Waals surface area contributed by atoms with Crippen LogP contribution in [0.1, 0.15) is 124 Å². The molecule has 0 amide bonds. The Kier molecular flexibility index (Phi) is 19.2. The summed E-state index contributed by atoms with van der Waals surface area (Å²) in [5, 5.41) is 0. The van der Waals surface area contributed by atoms with Gasteiger partial charge >= 0.3 is 0 Å². The highest BCUT2D eigenvalue weighted by Crippen LogP contribution is 2.13. The number of hydrogen-bond acceptors (Lipinski definition) is 2. The van der Waals surface area contributed by atoms with Crippen LogP contribution in [0.15, 0.2) is 0 Å². The van der Waals surface area contributed by atoms with Crippen molar-refractivity contribution in [3.8, 4) is 0 Å². The van der Waals surface area contributed by atoms with Crippen molar-refractivity contribution >= 4 is 0 Å². The molecule has 0 aromatic heterocycles. The minimum atomic E-state index is -0.0587. The molecule has 1 unspecified atom stereocenters. The maximum atomic E-state index is 5.64. The zero-order valence-electron chi connectivity index (χ0n) is 17.3. The molecule has 2 nitrogen and oxygen atoms in total. The lowest BCUT2D eigenvalue weighted by Crippen LogP contribution is -2.18. The lowest BCUT2D eigenvalue weighted by molar-refractivity contribution is -0.151. The number of rotatable bonds is 19. The van der Waals surface area contributed by atoms with E-state index in [1.807, 2.05) is 20.8 Å². The molecule has 0 fully saturated rings. The van der Waals surface area contributed by atoms with Crippen molar-refractivity contribution in [2.24, 2.45) is 0 Å². The van der Waals surface area contributed by atoms with Crippen molar-refractivity contribution in [1.29, 1.82) is 0 Å². The van der Waals surface area contributed by atoms with Gasteiger partial charge in [0.2, 0.25) is 0 Å². The lowest BCUT2D eigenvalue weighted by atomic mass is 10.0. The first-order chi connectivity index (χ1) is 11.7. The molecule has 0 N–H and O–H groups in total. The molecule has 1 atom stereocenters. The summed E-state index contributed by atoms with van der Waals surface area (Å²) < 4.78 is 11.2. The fraction of sp³-hybridized carbons (Fsp3) is 1.00. The molecule has 0 aliphatic rings. The maximum Gasteiger partial charge on any atom is 0.155 e. The van der Waals surface area contributed by atoms with E-state index in [1.165, 1.54) is 96.3 Å². The van der Waals surface area contributed by atoms with Gasteiger partial charge in [-0.2, -0.15) is 0 Å². The molecule has 0 saturated heterocycles. The van der Waals surface area contributed by atoms with E-state index in [9.17, 15) is 0 Å². The first-order valence-electron chi connectivity index (χ1n) is 10.9. The van der Waals surface area contributed by atoms with E-state index < -0.39 is 0 Å². The molecule has 0 rings (SSSR count). The molecule has 0 aromatic carbocycles. The Morgan fingerprint density at radius 3 is 1.29 bits per heavy atom. The van der Waals surface area contributed by atoms with Crippen molar-refractivity contribution in [3.05, 3.63) is 0 Å². The van der Waals surface area contributed by atoms with E-state index in [2.05, 4.69) is 6.92 Å². The summed E-state index contributed by atoms with van der Waals surface area (Å²) in [6.07, 6.45) is 21.3. The summed E-state index contributed by atoms with van der Waals surface area (Å²) in [5.74, 6) is 0. The Morgan fingerprint density at radius 2 is 0.917 bits per heavy atom. The third kappa shape index (κ3) is 20.0. The topological polar surface area (TPSA) is 18.5 Å². The Labute approximate surface area is 153 Å².